The maximum absolute atomic E-state index is 13.4. The summed E-state index contributed by atoms with van der Waals surface area (Å²) < 4.78 is 26.2. The van der Waals surface area contributed by atoms with Gasteiger partial charge in [0.1, 0.15) is 18.0 Å². The smallest absolute Gasteiger partial charge is 0.229 e. The first-order chi connectivity index (χ1) is 8.62. The first-order valence-corrected chi connectivity index (χ1v) is 4.79. The minimum absolute atomic E-state index is 0.00694. The van der Waals surface area contributed by atoms with Crippen molar-refractivity contribution in [3.8, 4) is 0 Å². The second kappa shape index (κ2) is 6.24. The number of aliphatic imine (C=N–C) groups is 1. The Bertz CT molecular complexity index is 490. The molecular weight excluding hydrogens is 240 g/mol. The molecular formula is C11H11F2N5. The Labute approximate surface area is 103 Å². The van der Waals surface area contributed by atoms with Crippen LogP contribution in [0.5, 0.6) is 0 Å². The number of anilines is 1. The molecule has 0 saturated carbocycles. The van der Waals surface area contributed by atoms with E-state index < -0.39 is 11.6 Å². The van der Waals surface area contributed by atoms with Crippen LogP contribution in [-0.2, 0) is 0 Å². The molecule has 0 amide bonds. The van der Waals surface area contributed by atoms with Crippen molar-refractivity contribution >= 4 is 24.7 Å². The predicted octanol–water partition coefficient (Wildman–Crippen LogP) is 2.40. The van der Waals surface area contributed by atoms with E-state index in [1.54, 1.807) is 0 Å². The second-order valence-corrected chi connectivity index (χ2v) is 3.00. The number of nitrogens with one attached hydrogen (secondary N) is 2. The van der Waals surface area contributed by atoms with Crippen LogP contribution in [0, 0.1) is 17.0 Å². The SMILES string of the molecule is C=CN(N=C)/C(=N/C=N)Nc1ccc(F)cc1F. The molecule has 0 heterocycles. The van der Waals surface area contributed by atoms with Crippen molar-refractivity contribution in [3.63, 3.8) is 0 Å². The molecule has 7 heteroatoms. The summed E-state index contributed by atoms with van der Waals surface area (Å²) in [6, 6.07) is 3.02. The number of hydrogen-bond donors (Lipinski definition) is 2. The number of hydrazone groups is 1. The van der Waals surface area contributed by atoms with Gasteiger partial charge in [0.2, 0.25) is 5.96 Å². The third kappa shape index (κ3) is 3.21. The monoisotopic (exact) mass is 251 g/mol. The van der Waals surface area contributed by atoms with Crippen LogP contribution < -0.4 is 5.32 Å². The van der Waals surface area contributed by atoms with Crippen molar-refractivity contribution in [2.24, 2.45) is 10.1 Å². The van der Waals surface area contributed by atoms with Gasteiger partial charge in [-0.2, -0.15) is 5.10 Å². The normalized spacial score (nSPS) is 10.7. The molecule has 0 aliphatic rings. The Hall–Kier alpha value is -2.57. The zero-order valence-electron chi connectivity index (χ0n) is 9.40. The lowest BCUT2D eigenvalue weighted by molar-refractivity contribution is 0.583. The molecule has 1 aromatic rings. The van der Waals surface area contributed by atoms with Crippen LogP contribution in [0.2, 0.25) is 0 Å². The van der Waals surface area contributed by atoms with Crippen LogP contribution in [-0.4, -0.2) is 24.0 Å². The van der Waals surface area contributed by atoms with Crippen molar-refractivity contribution < 1.29 is 8.78 Å². The zero-order valence-corrected chi connectivity index (χ0v) is 9.40. The molecule has 0 unspecified atom stereocenters. The van der Waals surface area contributed by atoms with E-state index in [1.807, 2.05) is 0 Å². The van der Waals surface area contributed by atoms with E-state index in [1.165, 1.54) is 12.3 Å². The van der Waals surface area contributed by atoms with Crippen molar-refractivity contribution in [3.05, 3.63) is 42.6 Å². The fourth-order valence-corrected chi connectivity index (χ4v) is 1.13. The zero-order chi connectivity index (χ0) is 13.5. The summed E-state index contributed by atoms with van der Waals surface area (Å²) in [5.41, 5.74) is -0.00694. The molecule has 0 atom stereocenters. The van der Waals surface area contributed by atoms with Gasteiger partial charge < -0.3 is 5.32 Å². The number of hydrogen-bond acceptors (Lipinski definition) is 2. The van der Waals surface area contributed by atoms with Crippen LogP contribution in [0.1, 0.15) is 0 Å². The second-order valence-electron chi connectivity index (χ2n) is 3.00. The number of halogens is 2. The fourth-order valence-electron chi connectivity index (χ4n) is 1.13. The molecule has 0 bridgehead atoms. The third-order valence-electron chi connectivity index (χ3n) is 1.91. The summed E-state index contributed by atoms with van der Waals surface area (Å²) in [6.07, 6.45) is 2.01. The first-order valence-electron chi connectivity index (χ1n) is 4.79. The van der Waals surface area contributed by atoms with E-state index >= 15 is 0 Å². The van der Waals surface area contributed by atoms with E-state index in [9.17, 15) is 8.78 Å². The van der Waals surface area contributed by atoms with Crippen LogP contribution >= 0.6 is 0 Å². The fraction of sp³-hybridized carbons (Fsp3) is 0. The van der Waals surface area contributed by atoms with Crippen molar-refractivity contribution in [2.75, 3.05) is 5.32 Å². The number of rotatable bonds is 4. The third-order valence-corrected chi connectivity index (χ3v) is 1.91. The summed E-state index contributed by atoms with van der Waals surface area (Å²) in [7, 11) is 0. The molecule has 0 saturated heterocycles. The van der Waals surface area contributed by atoms with E-state index in [0.29, 0.717) is 0 Å². The Balaban J connectivity index is 3.04. The van der Waals surface area contributed by atoms with Crippen LogP contribution in [0.3, 0.4) is 0 Å². The first kappa shape index (κ1) is 13.5. The molecule has 2 N–H and O–H groups in total. The summed E-state index contributed by atoms with van der Waals surface area (Å²) in [6.45, 7) is 6.72. The maximum atomic E-state index is 13.4. The standard InChI is InChI=1S/C11H11F2N5/c1-3-18(15-2)11(16-7-14)17-10-5-4-8(12)6-9(10)13/h3-7H,1-2H2,(H2,14,16,17). The van der Waals surface area contributed by atoms with Gasteiger partial charge in [0.25, 0.3) is 0 Å². The van der Waals surface area contributed by atoms with Crippen LogP contribution in [0.25, 0.3) is 0 Å². The van der Waals surface area contributed by atoms with E-state index in [0.717, 1.165) is 23.5 Å². The Morgan fingerprint density at radius 2 is 2.17 bits per heavy atom. The largest absolute Gasteiger partial charge is 0.322 e. The van der Waals surface area contributed by atoms with E-state index in [-0.39, 0.29) is 11.6 Å². The lowest BCUT2D eigenvalue weighted by Gasteiger charge is -2.16. The molecule has 0 radical (unpaired) electrons. The topological polar surface area (TPSA) is 63.8 Å². The predicted molar refractivity (Wildman–Crippen MR) is 67.8 cm³/mol. The molecule has 1 aromatic carbocycles. The van der Waals surface area contributed by atoms with Gasteiger partial charge in [-0.3, -0.25) is 5.41 Å². The summed E-state index contributed by atoms with van der Waals surface area (Å²) in [4.78, 5) is 3.63. The minimum atomic E-state index is -0.791. The van der Waals surface area contributed by atoms with Crippen LogP contribution in [0.15, 0.2) is 41.1 Å². The highest BCUT2D eigenvalue weighted by molar-refractivity contribution is 5.97. The van der Waals surface area contributed by atoms with Gasteiger partial charge in [-0.15, -0.1) is 0 Å². The molecule has 5 nitrogen and oxygen atoms in total. The average molecular weight is 251 g/mol. The molecule has 1 rings (SSSR count). The highest BCUT2D eigenvalue weighted by Gasteiger charge is 2.10. The highest BCUT2D eigenvalue weighted by atomic mass is 19.1. The molecule has 0 aliphatic carbocycles. The van der Waals surface area contributed by atoms with Crippen LogP contribution in [0.4, 0.5) is 14.5 Å². The molecule has 0 aliphatic heterocycles. The van der Waals surface area contributed by atoms with Crippen molar-refractivity contribution in [1.82, 2.24) is 5.01 Å². The molecule has 18 heavy (non-hydrogen) atoms. The lowest BCUT2D eigenvalue weighted by Crippen LogP contribution is -2.28. The Morgan fingerprint density at radius 3 is 2.67 bits per heavy atom. The number of benzene rings is 1. The summed E-state index contributed by atoms with van der Waals surface area (Å²) >= 11 is 0. The van der Waals surface area contributed by atoms with E-state index in [2.05, 4.69) is 28.7 Å². The molecule has 0 fully saturated rings. The molecule has 94 valence electrons. The summed E-state index contributed by atoms with van der Waals surface area (Å²) in [5.74, 6) is -1.47. The van der Waals surface area contributed by atoms with Crippen molar-refractivity contribution in [1.29, 1.82) is 5.41 Å². The number of nitrogens with zero attached hydrogens (tertiary/aromatic N) is 3. The molecule has 0 aromatic heterocycles. The summed E-state index contributed by atoms with van der Waals surface area (Å²) in [5, 5.41) is 14.1. The number of guanidine groups is 1. The van der Waals surface area contributed by atoms with Gasteiger partial charge in [-0.1, -0.05) is 6.58 Å². The van der Waals surface area contributed by atoms with Gasteiger partial charge in [-0.05, 0) is 12.1 Å². The van der Waals surface area contributed by atoms with Gasteiger partial charge >= 0.3 is 0 Å². The van der Waals surface area contributed by atoms with E-state index in [4.69, 9.17) is 5.41 Å². The molecule has 0 spiro atoms. The Kier molecular flexibility index (Phi) is 4.67. The minimum Gasteiger partial charge on any atom is -0.322 e. The van der Waals surface area contributed by atoms with Crippen molar-refractivity contribution in [2.45, 2.75) is 0 Å². The highest BCUT2D eigenvalue weighted by Crippen LogP contribution is 2.15. The van der Waals surface area contributed by atoms with Gasteiger partial charge in [0.15, 0.2) is 0 Å². The van der Waals surface area contributed by atoms with Gasteiger partial charge in [0.05, 0.1) is 5.69 Å². The maximum Gasteiger partial charge on any atom is 0.229 e. The Morgan fingerprint density at radius 1 is 1.44 bits per heavy atom. The lowest BCUT2D eigenvalue weighted by atomic mass is 10.3. The van der Waals surface area contributed by atoms with Gasteiger partial charge in [0, 0.05) is 19.0 Å². The average Bonchev–Trinajstić information content (AvgIpc) is 2.34. The van der Waals surface area contributed by atoms with Gasteiger partial charge in [-0.25, -0.2) is 18.8 Å². The quantitative estimate of drug-likeness (QED) is 0.490.